The molecule has 0 fully saturated rings. The van der Waals surface area contributed by atoms with E-state index in [2.05, 4.69) is 10.6 Å². The third-order valence-corrected chi connectivity index (χ3v) is 3.56. The molecule has 0 aliphatic heterocycles. The summed E-state index contributed by atoms with van der Waals surface area (Å²) in [7, 11) is 0. The summed E-state index contributed by atoms with van der Waals surface area (Å²) in [5.74, 6) is -0.484. The number of nitrogens with one attached hydrogen (secondary N) is 2. The summed E-state index contributed by atoms with van der Waals surface area (Å²) in [5, 5.41) is 5.79. The number of amides is 2. The first kappa shape index (κ1) is 17.8. The van der Waals surface area contributed by atoms with Crippen LogP contribution in [0.1, 0.15) is 29.3 Å². The first-order chi connectivity index (χ1) is 11.6. The maximum atomic E-state index is 11.9. The molecule has 0 heterocycles. The van der Waals surface area contributed by atoms with Crippen molar-refractivity contribution in [3.63, 3.8) is 0 Å². The Kier molecular flexibility index (Phi) is 6.58. The largest absolute Gasteiger partial charge is 0.352 e. The van der Waals surface area contributed by atoms with Crippen molar-refractivity contribution in [3.8, 4) is 0 Å². The molecule has 0 radical (unpaired) electrons. The second kappa shape index (κ2) is 8.89. The van der Waals surface area contributed by atoms with Gasteiger partial charge in [-0.2, -0.15) is 0 Å². The van der Waals surface area contributed by atoms with Crippen LogP contribution >= 0.6 is 11.6 Å². The lowest BCUT2D eigenvalue weighted by atomic mass is 10.2. The van der Waals surface area contributed by atoms with Gasteiger partial charge in [-0.1, -0.05) is 48.9 Å². The Morgan fingerprint density at radius 1 is 1.12 bits per heavy atom. The van der Waals surface area contributed by atoms with Gasteiger partial charge in [0.2, 0.25) is 5.91 Å². The second-order valence-electron chi connectivity index (χ2n) is 5.18. The third-order valence-electron chi connectivity index (χ3n) is 3.24. The SMILES string of the molecule is CCCNC(=O)c1ccc(NC(=O)C=Cc2ccccc2)cc1Cl. The maximum Gasteiger partial charge on any atom is 0.252 e. The van der Waals surface area contributed by atoms with Crippen molar-refractivity contribution in [1.29, 1.82) is 0 Å². The van der Waals surface area contributed by atoms with E-state index < -0.39 is 0 Å². The number of carbonyl (C=O) groups excluding carboxylic acids is 2. The molecule has 0 atom stereocenters. The number of benzene rings is 2. The van der Waals surface area contributed by atoms with E-state index in [1.165, 1.54) is 6.08 Å². The fraction of sp³-hybridized carbons (Fsp3) is 0.158. The Labute approximate surface area is 146 Å². The Bertz CT molecular complexity index is 742. The molecule has 5 heteroatoms. The van der Waals surface area contributed by atoms with Crippen LogP contribution in [-0.2, 0) is 4.79 Å². The highest BCUT2D eigenvalue weighted by molar-refractivity contribution is 6.34. The summed E-state index contributed by atoms with van der Waals surface area (Å²) in [6.45, 7) is 2.57. The van der Waals surface area contributed by atoms with Crippen molar-refractivity contribution in [2.45, 2.75) is 13.3 Å². The molecule has 0 spiro atoms. The van der Waals surface area contributed by atoms with E-state index in [1.54, 1.807) is 24.3 Å². The van der Waals surface area contributed by atoms with E-state index >= 15 is 0 Å². The van der Waals surface area contributed by atoms with Gasteiger partial charge in [-0.25, -0.2) is 0 Å². The van der Waals surface area contributed by atoms with Crippen LogP contribution in [0.2, 0.25) is 5.02 Å². The highest BCUT2D eigenvalue weighted by Gasteiger charge is 2.10. The van der Waals surface area contributed by atoms with Crippen molar-refractivity contribution in [3.05, 3.63) is 70.8 Å². The predicted molar refractivity (Wildman–Crippen MR) is 98.2 cm³/mol. The van der Waals surface area contributed by atoms with Crippen molar-refractivity contribution in [2.75, 3.05) is 11.9 Å². The van der Waals surface area contributed by atoms with Gasteiger partial charge >= 0.3 is 0 Å². The molecule has 2 aromatic carbocycles. The third kappa shape index (κ3) is 5.25. The average molecular weight is 343 g/mol. The van der Waals surface area contributed by atoms with Crippen molar-refractivity contribution in [1.82, 2.24) is 5.32 Å². The van der Waals surface area contributed by atoms with Gasteiger partial charge < -0.3 is 10.6 Å². The van der Waals surface area contributed by atoms with Gasteiger partial charge in [-0.15, -0.1) is 0 Å². The van der Waals surface area contributed by atoms with Gasteiger partial charge in [0.15, 0.2) is 0 Å². The van der Waals surface area contributed by atoms with E-state index in [1.807, 2.05) is 37.3 Å². The van der Waals surface area contributed by atoms with Gasteiger partial charge in [0, 0.05) is 18.3 Å². The zero-order chi connectivity index (χ0) is 17.4. The molecule has 2 amide bonds. The minimum atomic E-state index is -0.266. The fourth-order valence-electron chi connectivity index (χ4n) is 2.03. The molecule has 0 unspecified atom stereocenters. The number of hydrogen-bond donors (Lipinski definition) is 2. The molecule has 0 saturated heterocycles. The Hall–Kier alpha value is -2.59. The summed E-state index contributed by atoms with van der Waals surface area (Å²) in [6.07, 6.45) is 4.03. The van der Waals surface area contributed by atoms with Gasteiger partial charge in [0.25, 0.3) is 5.91 Å². The lowest BCUT2D eigenvalue weighted by Gasteiger charge is -2.08. The summed E-state index contributed by atoms with van der Waals surface area (Å²) in [4.78, 5) is 23.9. The molecule has 0 bridgehead atoms. The molecule has 2 aromatic rings. The van der Waals surface area contributed by atoms with Gasteiger partial charge in [-0.05, 0) is 36.3 Å². The normalized spacial score (nSPS) is 10.6. The zero-order valence-corrected chi connectivity index (χ0v) is 14.1. The van der Waals surface area contributed by atoms with Gasteiger partial charge in [0.1, 0.15) is 0 Å². The second-order valence-corrected chi connectivity index (χ2v) is 5.59. The zero-order valence-electron chi connectivity index (χ0n) is 13.4. The minimum Gasteiger partial charge on any atom is -0.352 e. The van der Waals surface area contributed by atoms with E-state index in [4.69, 9.17) is 11.6 Å². The maximum absolute atomic E-state index is 11.9. The standard InChI is InChI=1S/C19H19ClN2O2/c1-2-12-21-19(24)16-10-9-15(13-17(16)20)22-18(23)11-8-14-6-4-3-5-7-14/h3-11,13H,2,12H2,1H3,(H,21,24)(H,22,23). The highest BCUT2D eigenvalue weighted by atomic mass is 35.5. The van der Waals surface area contributed by atoms with E-state index in [0.717, 1.165) is 12.0 Å². The molecule has 124 valence electrons. The minimum absolute atomic E-state index is 0.219. The van der Waals surface area contributed by atoms with Crippen molar-refractivity contribution >= 4 is 35.2 Å². The van der Waals surface area contributed by atoms with Crippen LogP contribution in [0.3, 0.4) is 0 Å². The number of rotatable bonds is 6. The number of hydrogen-bond acceptors (Lipinski definition) is 2. The number of anilines is 1. The van der Waals surface area contributed by atoms with Crippen molar-refractivity contribution < 1.29 is 9.59 Å². The topological polar surface area (TPSA) is 58.2 Å². The molecule has 0 aliphatic rings. The quantitative estimate of drug-likeness (QED) is 0.775. The predicted octanol–water partition coefficient (Wildman–Crippen LogP) is 4.13. The fourth-order valence-corrected chi connectivity index (χ4v) is 2.30. The number of carbonyl (C=O) groups is 2. The Morgan fingerprint density at radius 2 is 1.88 bits per heavy atom. The summed E-state index contributed by atoms with van der Waals surface area (Å²) in [6, 6.07) is 14.4. The molecular weight excluding hydrogens is 324 g/mol. The van der Waals surface area contributed by atoms with Gasteiger partial charge in [0.05, 0.1) is 10.6 Å². The Morgan fingerprint density at radius 3 is 2.54 bits per heavy atom. The van der Waals surface area contributed by atoms with Crippen LogP contribution in [0, 0.1) is 0 Å². The van der Waals surface area contributed by atoms with Crippen LogP contribution < -0.4 is 10.6 Å². The first-order valence-electron chi connectivity index (χ1n) is 7.72. The van der Waals surface area contributed by atoms with Crippen molar-refractivity contribution in [2.24, 2.45) is 0 Å². The molecule has 0 saturated carbocycles. The first-order valence-corrected chi connectivity index (χ1v) is 8.10. The lowest BCUT2D eigenvalue weighted by Crippen LogP contribution is -2.24. The van der Waals surface area contributed by atoms with Crippen LogP contribution in [0.5, 0.6) is 0 Å². The number of halogens is 1. The van der Waals surface area contributed by atoms with E-state index in [9.17, 15) is 9.59 Å². The summed E-state index contributed by atoms with van der Waals surface area (Å²) >= 11 is 6.13. The summed E-state index contributed by atoms with van der Waals surface area (Å²) in [5.41, 5.74) is 1.87. The molecule has 0 aromatic heterocycles. The molecule has 24 heavy (non-hydrogen) atoms. The monoisotopic (exact) mass is 342 g/mol. The lowest BCUT2D eigenvalue weighted by molar-refractivity contribution is -0.111. The highest BCUT2D eigenvalue weighted by Crippen LogP contribution is 2.21. The molecule has 2 rings (SSSR count). The Balaban J connectivity index is 2.00. The molecular formula is C19H19ClN2O2. The van der Waals surface area contributed by atoms with Crippen LogP contribution in [0.4, 0.5) is 5.69 Å². The van der Waals surface area contributed by atoms with Gasteiger partial charge in [-0.3, -0.25) is 9.59 Å². The van der Waals surface area contributed by atoms with E-state index in [0.29, 0.717) is 22.8 Å². The van der Waals surface area contributed by atoms with Crippen LogP contribution in [0.15, 0.2) is 54.6 Å². The molecule has 4 nitrogen and oxygen atoms in total. The molecule has 0 aliphatic carbocycles. The summed E-state index contributed by atoms with van der Waals surface area (Å²) < 4.78 is 0. The smallest absolute Gasteiger partial charge is 0.252 e. The molecule has 2 N–H and O–H groups in total. The van der Waals surface area contributed by atoms with E-state index in [-0.39, 0.29) is 11.8 Å². The van der Waals surface area contributed by atoms with Crippen LogP contribution in [0.25, 0.3) is 6.08 Å². The average Bonchev–Trinajstić information content (AvgIpc) is 2.59. The van der Waals surface area contributed by atoms with Crippen LogP contribution in [-0.4, -0.2) is 18.4 Å².